The summed E-state index contributed by atoms with van der Waals surface area (Å²) >= 11 is 0. The molecule has 0 aliphatic heterocycles. The van der Waals surface area contributed by atoms with Crippen LogP contribution in [-0.4, -0.2) is 35.9 Å². The van der Waals surface area contributed by atoms with Gasteiger partial charge in [-0.1, -0.05) is 42.5 Å². The number of aromatic nitrogens is 1. The van der Waals surface area contributed by atoms with Gasteiger partial charge in [0, 0.05) is 29.4 Å². The fourth-order valence-electron chi connectivity index (χ4n) is 4.77. The van der Waals surface area contributed by atoms with Gasteiger partial charge in [-0.2, -0.15) is 13.2 Å². The van der Waals surface area contributed by atoms with E-state index in [1.165, 1.54) is 30.0 Å². The molecule has 4 aromatic rings. The summed E-state index contributed by atoms with van der Waals surface area (Å²) in [7, 11) is 1.81. The van der Waals surface area contributed by atoms with Crippen molar-refractivity contribution >= 4 is 28.5 Å². The number of benzene rings is 3. The highest BCUT2D eigenvalue weighted by Gasteiger charge is 2.42. The number of fused-ring (bicyclic) bond motifs is 1. The van der Waals surface area contributed by atoms with Crippen LogP contribution in [0.4, 0.5) is 26.3 Å². The number of nitrogens with zero attached hydrogens (tertiary/aromatic N) is 2. The molecule has 44 heavy (non-hydrogen) atoms. The molecule has 0 saturated carbocycles. The Kier molecular flexibility index (Phi) is 11.3. The number of rotatable bonds is 9. The Morgan fingerprint density at radius 3 is 2.18 bits per heavy atom. The number of likely N-dealkylation sites (N-methyl/N-ethyl adjacent to an activating group) is 1. The van der Waals surface area contributed by atoms with E-state index in [4.69, 9.17) is 5.84 Å². The number of carbonyl (C=O) groups is 1. The molecule has 0 radical (unpaired) electrons. The molecule has 1 heterocycles. The van der Waals surface area contributed by atoms with Crippen LogP contribution in [0.15, 0.2) is 90.7 Å². The van der Waals surface area contributed by atoms with Gasteiger partial charge in [0.05, 0.1) is 17.3 Å². The molecule has 11 heteroatoms. The lowest BCUT2D eigenvalue weighted by molar-refractivity contribution is -0.155. The summed E-state index contributed by atoms with van der Waals surface area (Å²) < 4.78 is 79.1. The maximum absolute atomic E-state index is 13.5. The molecular weight excluding hydrogens is 582 g/mol. The van der Waals surface area contributed by atoms with Gasteiger partial charge in [-0.05, 0) is 74.3 Å². The average molecular weight is 615 g/mol. The van der Waals surface area contributed by atoms with Crippen molar-refractivity contribution in [1.82, 2.24) is 9.99 Å². The number of aliphatic imine (C=N–C) groups is 1. The van der Waals surface area contributed by atoms with Crippen LogP contribution in [0.5, 0.6) is 0 Å². The van der Waals surface area contributed by atoms with Gasteiger partial charge in [-0.25, -0.2) is 13.2 Å². The number of aryl methyl sites for hydroxylation is 1. The summed E-state index contributed by atoms with van der Waals surface area (Å²) in [5.74, 6) is 1.30. The van der Waals surface area contributed by atoms with Crippen molar-refractivity contribution in [3.63, 3.8) is 0 Å². The van der Waals surface area contributed by atoms with Crippen LogP contribution in [-0.2, 0) is 11.2 Å². The van der Waals surface area contributed by atoms with Gasteiger partial charge in [0.15, 0.2) is 0 Å². The van der Waals surface area contributed by atoms with Crippen molar-refractivity contribution in [2.75, 3.05) is 12.9 Å². The Hall–Kier alpha value is -4.64. The first-order valence-corrected chi connectivity index (χ1v) is 13.4. The third-order valence-electron chi connectivity index (χ3n) is 6.85. The summed E-state index contributed by atoms with van der Waals surface area (Å²) in [5.41, 5.74) is 4.38. The second kappa shape index (κ2) is 14.7. The monoisotopic (exact) mass is 614 g/mol. The number of carbonyl (C=O) groups excluding carboxylic acids is 1. The van der Waals surface area contributed by atoms with Crippen LogP contribution in [0.1, 0.15) is 35.1 Å². The van der Waals surface area contributed by atoms with Gasteiger partial charge in [0.1, 0.15) is 29.7 Å². The number of nitrogens with one attached hydrogen (secondary N) is 1. The van der Waals surface area contributed by atoms with E-state index in [1.807, 2.05) is 44.2 Å². The van der Waals surface area contributed by atoms with Crippen molar-refractivity contribution in [3.05, 3.63) is 125 Å². The van der Waals surface area contributed by atoms with E-state index in [9.17, 15) is 31.1 Å². The summed E-state index contributed by atoms with van der Waals surface area (Å²) in [6, 6.07) is 14.8. The molecule has 2 atom stereocenters. The number of allylic oxidation sites excluding steroid dienone is 1. The van der Waals surface area contributed by atoms with E-state index < -0.39 is 29.5 Å². The molecule has 0 aliphatic rings. The van der Waals surface area contributed by atoms with Crippen LogP contribution in [0.2, 0.25) is 0 Å². The third-order valence-corrected chi connectivity index (χ3v) is 6.85. The lowest BCUT2D eigenvalue weighted by Crippen LogP contribution is -2.36. The maximum atomic E-state index is 13.5. The lowest BCUT2D eigenvalue weighted by atomic mass is 9.91. The smallest absolute Gasteiger partial charge is 0.339 e. The van der Waals surface area contributed by atoms with Crippen molar-refractivity contribution in [3.8, 4) is 0 Å². The van der Waals surface area contributed by atoms with Crippen molar-refractivity contribution in [2.24, 2.45) is 4.99 Å². The Bertz CT molecular complexity index is 1650. The fraction of sp³-hybridized carbons (Fsp3) is 0.212. The summed E-state index contributed by atoms with van der Waals surface area (Å²) in [6.45, 7) is 7.70. The second-order valence-electron chi connectivity index (χ2n) is 9.90. The first-order valence-electron chi connectivity index (χ1n) is 13.4. The Labute approximate surface area is 251 Å². The normalized spacial score (nSPS) is 13.7. The van der Waals surface area contributed by atoms with E-state index in [1.54, 1.807) is 7.05 Å². The zero-order valence-electron chi connectivity index (χ0n) is 24.3. The highest BCUT2D eigenvalue weighted by atomic mass is 19.4. The molecule has 1 aromatic heterocycles. The number of aldehydes is 1. The SMILES string of the molecule is C=CN=C(/C(=C\C)c1ccc(C)cc1)C(Cc1cc(F)cc(F)c1)NC.Nn1cc(C(C=O)C(F)(F)F)c2cc(F)ccc21. The third kappa shape index (κ3) is 8.25. The standard InChI is InChI=1S/C22H24F2N2.C11H8F4N2O/c1-5-20(17-9-7-15(3)8-10-17)22(26-6-2)21(25-4)13-16-11-18(23)14-19(24)12-16;12-6-1-2-10-7(3-6)8(4-17(10)16)9(5-18)11(13,14)15/h5-12,14,21,25H,2,13H2,1,3-4H3;1-5,9H,16H2/b20-5-,26-22?;. The molecule has 3 N–H and O–H groups in total. The summed E-state index contributed by atoms with van der Waals surface area (Å²) in [4.78, 5) is 15.1. The number of hydrogen-bond acceptors (Lipinski definition) is 4. The minimum atomic E-state index is -4.73. The number of hydrogen-bond donors (Lipinski definition) is 2. The Morgan fingerprint density at radius 1 is 1.02 bits per heavy atom. The average Bonchev–Trinajstić information content (AvgIpc) is 3.26. The quantitative estimate of drug-likeness (QED) is 0.0892. The molecular formula is C33H32F6N4O. The zero-order chi connectivity index (χ0) is 32.6. The van der Waals surface area contributed by atoms with Gasteiger partial charge in [0.2, 0.25) is 0 Å². The van der Waals surface area contributed by atoms with Gasteiger partial charge < -0.3 is 16.0 Å². The Morgan fingerprint density at radius 2 is 1.66 bits per heavy atom. The van der Waals surface area contributed by atoms with E-state index in [-0.39, 0.29) is 28.8 Å². The summed E-state index contributed by atoms with van der Waals surface area (Å²) in [6.07, 6.45) is -0.0905. The molecule has 4 rings (SSSR count). The van der Waals surface area contributed by atoms with Gasteiger partial charge in [-0.15, -0.1) is 0 Å². The molecule has 0 fully saturated rings. The molecule has 0 aliphatic carbocycles. The molecule has 0 saturated heterocycles. The molecule has 0 spiro atoms. The number of alkyl halides is 3. The van der Waals surface area contributed by atoms with Crippen LogP contribution in [0.25, 0.3) is 16.5 Å². The zero-order valence-corrected chi connectivity index (χ0v) is 24.3. The van der Waals surface area contributed by atoms with Crippen LogP contribution in [0.3, 0.4) is 0 Å². The topological polar surface area (TPSA) is 72.4 Å². The minimum absolute atomic E-state index is 0.0214. The first kappa shape index (κ1) is 33.9. The van der Waals surface area contributed by atoms with Gasteiger partial charge in [-0.3, -0.25) is 9.67 Å². The van der Waals surface area contributed by atoms with Crippen LogP contribution >= 0.6 is 0 Å². The lowest BCUT2D eigenvalue weighted by Gasteiger charge is -2.21. The first-order chi connectivity index (χ1) is 20.8. The van der Waals surface area contributed by atoms with E-state index in [0.717, 1.165) is 45.9 Å². The molecule has 0 bridgehead atoms. The fourth-order valence-corrected chi connectivity index (χ4v) is 4.77. The summed E-state index contributed by atoms with van der Waals surface area (Å²) in [5, 5.41) is 3.18. The molecule has 2 unspecified atom stereocenters. The highest BCUT2D eigenvalue weighted by Crippen LogP contribution is 2.37. The van der Waals surface area contributed by atoms with Crippen LogP contribution < -0.4 is 11.2 Å². The van der Waals surface area contributed by atoms with Crippen molar-refractivity contribution in [2.45, 2.75) is 38.4 Å². The molecule has 3 aromatic carbocycles. The second-order valence-corrected chi connectivity index (χ2v) is 9.90. The largest absolute Gasteiger partial charge is 0.402 e. The number of nitrogen functional groups attached to an aromatic ring is 1. The van der Waals surface area contributed by atoms with Gasteiger partial charge >= 0.3 is 6.18 Å². The molecule has 0 amide bonds. The molecule has 232 valence electrons. The predicted octanol–water partition coefficient (Wildman–Crippen LogP) is 7.43. The maximum Gasteiger partial charge on any atom is 0.402 e. The van der Waals surface area contributed by atoms with Gasteiger partial charge in [0.25, 0.3) is 0 Å². The van der Waals surface area contributed by atoms with Crippen molar-refractivity contribution in [1.29, 1.82) is 0 Å². The van der Waals surface area contributed by atoms with E-state index in [2.05, 4.69) is 16.9 Å². The molecule has 5 nitrogen and oxygen atoms in total. The van der Waals surface area contributed by atoms with E-state index >= 15 is 0 Å². The van der Waals surface area contributed by atoms with Crippen molar-refractivity contribution < 1.29 is 31.1 Å². The van der Waals surface area contributed by atoms with E-state index in [0.29, 0.717) is 12.0 Å². The Balaban J connectivity index is 0.000000257. The highest BCUT2D eigenvalue weighted by molar-refractivity contribution is 6.26. The minimum Gasteiger partial charge on any atom is -0.339 e. The van der Waals surface area contributed by atoms with Crippen LogP contribution in [0, 0.1) is 24.4 Å². The predicted molar refractivity (Wildman–Crippen MR) is 162 cm³/mol. The number of halogens is 6. The number of nitrogens with two attached hydrogens (primary N) is 1.